The lowest BCUT2D eigenvalue weighted by Gasteiger charge is -2.20. The molecule has 0 saturated carbocycles. The number of hydrogen-bond acceptors (Lipinski definition) is 3. The lowest BCUT2D eigenvalue weighted by Crippen LogP contribution is -2.47. The Hall–Kier alpha value is -1.30. The number of nitrogens with zero attached hydrogens (tertiary/aromatic N) is 1. The molecule has 1 saturated heterocycles. The van der Waals surface area contributed by atoms with Gasteiger partial charge in [0.05, 0.1) is 0 Å². The van der Waals surface area contributed by atoms with Gasteiger partial charge in [-0.05, 0) is 25.2 Å². The van der Waals surface area contributed by atoms with Crippen molar-refractivity contribution in [1.29, 1.82) is 0 Å². The third-order valence-electron chi connectivity index (χ3n) is 3.11. The summed E-state index contributed by atoms with van der Waals surface area (Å²) in [6.45, 7) is 3.08. The molecule has 6 heteroatoms. The number of carbonyl (C=O) groups excluding carboxylic acids is 1. The molecule has 0 aliphatic carbocycles. The molecule has 17 heavy (non-hydrogen) atoms. The van der Waals surface area contributed by atoms with E-state index in [1.165, 1.54) is 0 Å². The van der Waals surface area contributed by atoms with Crippen molar-refractivity contribution in [3.63, 3.8) is 0 Å². The molecule has 98 valence electrons. The van der Waals surface area contributed by atoms with E-state index in [4.69, 9.17) is 10.2 Å². The third kappa shape index (κ3) is 3.89. The number of carbonyl (C=O) groups is 2. The van der Waals surface area contributed by atoms with Crippen LogP contribution < -0.4 is 5.32 Å². The van der Waals surface area contributed by atoms with Gasteiger partial charge < -0.3 is 20.4 Å². The summed E-state index contributed by atoms with van der Waals surface area (Å²) in [5.41, 5.74) is 0. The number of nitrogens with one attached hydrogen (secondary N) is 1. The summed E-state index contributed by atoms with van der Waals surface area (Å²) < 4.78 is 0. The highest BCUT2D eigenvalue weighted by atomic mass is 16.4. The van der Waals surface area contributed by atoms with Crippen LogP contribution in [0.1, 0.15) is 26.2 Å². The molecule has 0 aromatic heterocycles. The zero-order valence-electron chi connectivity index (χ0n) is 10.1. The number of carboxylic acids is 1. The number of amides is 2. The first kappa shape index (κ1) is 13.8. The van der Waals surface area contributed by atoms with Crippen molar-refractivity contribution in [3.05, 3.63) is 0 Å². The van der Waals surface area contributed by atoms with E-state index >= 15 is 0 Å². The van der Waals surface area contributed by atoms with Gasteiger partial charge in [-0.1, -0.05) is 6.92 Å². The number of aliphatic hydroxyl groups excluding tert-OH is 1. The van der Waals surface area contributed by atoms with Gasteiger partial charge >= 0.3 is 12.0 Å². The van der Waals surface area contributed by atoms with Crippen molar-refractivity contribution in [2.75, 3.05) is 19.7 Å². The van der Waals surface area contributed by atoms with Gasteiger partial charge in [0, 0.05) is 19.7 Å². The molecule has 2 amide bonds. The van der Waals surface area contributed by atoms with Crippen LogP contribution in [0.5, 0.6) is 0 Å². The van der Waals surface area contributed by atoms with Crippen molar-refractivity contribution >= 4 is 12.0 Å². The van der Waals surface area contributed by atoms with E-state index in [1.807, 2.05) is 0 Å². The van der Waals surface area contributed by atoms with Crippen LogP contribution >= 0.6 is 0 Å². The number of urea groups is 1. The summed E-state index contributed by atoms with van der Waals surface area (Å²) in [5, 5.41) is 20.1. The minimum absolute atomic E-state index is 0.132. The van der Waals surface area contributed by atoms with Crippen LogP contribution in [-0.4, -0.2) is 52.9 Å². The molecule has 2 unspecified atom stereocenters. The van der Waals surface area contributed by atoms with E-state index in [2.05, 4.69) is 5.32 Å². The van der Waals surface area contributed by atoms with Gasteiger partial charge in [0.15, 0.2) is 0 Å². The average Bonchev–Trinajstić information content (AvgIpc) is 2.74. The monoisotopic (exact) mass is 244 g/mol. The van der Waals surface area contributed by atoms with Crippen LogP contribution in [0.3, 0.4) is 0 Å². The van der Waals surface area contributed by atoms with Gasteiger partial charge in [-0.2, -0.15) is 0 Å². The average molecular weight is 244 g/mol. The Kier molecular flexibility index (Phi) is 5.21. The highest BCUT2D eigenvalue weighted by molar-refractivity contribution is 5.82. The normalized spacial score (nSPS) is 21.3. The zero-order valence-corrected chi connectivity index (χ0v) is 10.1. The van der Waals surface area contributed by atoms with Crippen LogP contribution in [0.2, 0.25) is 0 Å². The minimum Gasteiger partial charge on any atom is -0.480 e. The summed E-state index contributed by atoms with van der Waals surface area (Å²) in [7, 11) is 0. The smallest absolute Gasteiger partial charge is 0.326 e. The largest absolute Gasteiger partial charge is 0.480 e. The fourth-order valence-corrected chi connectivity index (χ4v) is 2.01. The Labute approximate surface area is 101 Å². The zero-order chi connectivity index (χ0) is 12.8. The summed E-state index contributed by atoms with van der Waals surface area (Å²) in [5.74, 6) is -0.678. The second-order valence-corrected chi connectivity index (χ2v) is 4.36. The van der Waals surface area contributed by atoms with Crippen molar-refractivity contribution < 1.29 is 19.8 Å². The Morgan fingerprint density at radius 1 is 1.53 bits per heavy atom. The first-order valence-electron chi connectivity index (χ1n) is 5.97. The summed E-state index contributed by atoms with van der Waals surface area (Å²) in [6.07, 6.45) is 1.94. The van der Waals surface area contributed by atoms with Crippen LogP contribution in [0.15, 0.2) is 0 Å². The van der Waals surface area contributed by atoms with E-state index < -0.39 is 12.0 Å². The maximum Gasteiger partial charge on any atom is 0.326 e. The van der Waals surface area contributed by atoms with Gasteiger partial charge in [0.25, 0.3) is 0 Å². The molecular weight excluding hydrogens is 224 g/mol. The number of aliphatic hydroxyl groups is 1. The fraction of sp³-hybridized carbons (Fsp3) is 0.818. The highest BCUT2D eigenvalue weighted by Crippen LogP contribution is 2.19. The lowest BCUT2D eigenvalue weighted by molar-refractivity contribution is -0.139. The second kappa shape index (κ2) is 6.44. The van der Waals surface area contributed by atoms with E-state index in [1.54, 1.807) is 11.8 Å². The highest BCUT2D eigenvalue weighted by Gasteiger charge is 2.28. The molecule has 3 N–H and O–H groups in total. The van der Waals surface area contributed by atoms with Gasteiger partial charge in [0.1, 0.15) is 6.04 Å². The molecule has 0 radical (unpaired) electrons. The Morgan fingerprint density at radius 3 is 2.76 bits per heavy atom. The van der Waals surface area contributed by atoms with Gasteiger partial charge in [-0.15, -0.1) is 0 Å². The van der Waals surface area contributed by atoms with E-state index in [0.717, 1.165) is 6.42 Å². The molecule has 2 atom stereocenters. The number of likely N-dealkylation sites (tertiary alicyclic amines) is 1. The molecule has 0 spiro atoms. The SMILES string of the molecule is CCC(NC(=O)N1CCC(CCO)C1)C(=O)O. The Morgan fingerprint density at radius 2 is 2.24 bits per heavy atom. The number of hydrogen-bond donors (Lipinski definition) is 3. The molecule has 0 bridgehead atoms. The van der Waals surface area contributed by atoms with E-state index in [-0.39, 0.29) is 12.6 Å². The Bertz CT molecular complexity index is 283. The summed E-state index contributed by atoms with van der Waals surface area (Å²) in [6, 6.07) is -1.14. The molecule has 1 rings (SSSR count). The van der Waals surface area contributed by atoms with Crippen molar-refractivity contribution in [2.24, 2.45) is 5.92 Å². The number of rotatable bonds is 5. The summed E-state index contributed by atoms with van der Waals surface area (Å²) >= 11 is 0. The first-order valence-corrected chi connectivity index (χ1v) is 5.97. The third-order valence-corrected chi connectivity index (χ3v) is 3.11. The Balaban J connectivity index is 2.41. The lowest BCUT2D eigenvalue weighted by atomic mass is 10.1. The maximum absolute atomic E-state index is 11.8. The second-order valence-electron chi connectivity index (χ2n) is 4.36. The topological polar surface area (TPSA) is 89.9 Å². The molecule has 0 aromatic rings. The predicted octanol–water partition coefficient (Wildman–Crippen LogP) is 0.263. The van der Waals surface area contributed by atoms with E-state index in [0.29, 0.717) is 31.8 Å². The standard InChI is InChI=1S/C11H20N2O4/c1-2-9(10(15)16)12-11(17)13-5-3-8(7-13)4-6-14/h8-9,14H,2-7H2,1H3,(H,12,17)(H,15,16). The first-order chi connectivity index (χ1) is 8.08. The summed E-state index contributed by atoms with van der Waals surface area (Å²) in [4.78, 5) is 24.2. The number of carboxylic acid groups (broad SMARTS) is 1. The molecule has 1 fully saturated rings. The van der Waals surface area contributed by atoms with Crippen LogP contribution in [0.4, 0.5) is 4.79 Å². The van der Waals surface area contributed by atoms with Crippen molar-refractivity contribution in [3.8, 4) is 0 Å². The van der Waals surface area contributed by atoms with Gasteiger partial charge in [-0.25, -0.2) is 9.59 Å². The van der Waals surface area contributed by atoms with Crippen molar-refractivity contribution in [2.45, 2.75) is 32.2 Å². The predicted molar refractivity (Wildman–Crippen MR) is 61.6 cm³/mol. The molecule has 0 aromatic carbocycles. The van der Waals surface area contributed by atoms with Gasteiger partial charge in [0.2, 0.25) is 0 Å². The van der Waals surface area contributed by atoms with E-state index in [9.17, 15) is 9.59 Å². The van der Waals surface area contributed by atoms with Crippen LogP contribution in [0.25, 0.3) is 0 Å². The molecule has 1 heterocycles. The molecule has 6 nitrogen and oxygen atoms in total. The van der Waals surface area contributed by atoms with Crippen molar-refractivity contribution in [1.82, 2.24) is 10.2 Å². The quantitative estimate of drug-likeness (QED) is 0.647. The van der Waals surface area contributed by atoms with Crippen LogP contribution in [0, 0.1) is 5.92 Å². The fourth-order valence-electron chi connectivity index (χ4n) is 2.01. The molecular formula is C11H20N2O4. The van der Waals surface area contributed by atoms with Gasteiger partial charge in [-0.3, -0.25) is 0 Å². The molecule has 1 aliphatic rings. The molecule has 1 aliphatic heterocycles. The van der Waals surface area contributed by atoms with Crippen LogP contribution in [-0.2, 0) is 4.79 Å². The minimum atomic E-state index is -1.01. The number of aliphatic carboxylic acids is 1. The maximum atomic E-state index is 11.8.